The van der Waals surface area contributed by atoms with Gasteiger partial charge in [-0.15, -0.1) is 0 Å². The Bertz CT molecular complexity index is 323. The molecule has 0 aromatic heterocycles. The van der Waals surface area contributed by atoms with Gasteiger partial charge in [0.1, 0.15) is 5.82 Å². The van der Waals surface area contributed by atoms with Gasteiger partial charge in [-0.25, -0.2) is 4.39 Å². The quantitative estimate of drug-likeness (QED) is 0.825. The molecule has 15 heavy (non-hydrogen) atoms. The van der Waals surface area contributed by atoms with Gasteiger partial charge >= 0.3 is 0 Å². The maximum atomic E-state index is 13.1. The number of aliphatic hydroxyl groups is 1. The molecule has 2 nitrogen and oxygen atoms in total. The summed E-state index contributed by atoms with van der Waals surface area (Å²) in [5.74, 6) is -0.221. The van der Waals surface area contributed by atoms with Crippen molar-refractivity contribution < 1.29 is 9.50 Å². The van der Waals surface area contributed by atoms with Crippen LogP contribution in [0.1, 0.15) is 18.9 Å². The molecular formula is C12H18FNO. The number of anilines is 1. The van der Waals surface area contributed by atoms with Crippen LogP contribution in [0, 0.1) is 5.82 Å². The van der Waals surface area contributed by atoms with Crippen molar-refractivity contribution in [1.29, 1.82) is 0 Å². The van der Waals surface area contributed by atoms with Crippen LogP contribution in [-0.4, -0.2) is 25.3 Å². The highest BCUT2D eigenvalue weighted by Gasteiger charge is 2.07. The molecule has 1 aromatic rings. The van der Waals surface area contributed by atoms with E-state index in [4.69, 9.17) is 0 Å². The Morgan fingerprint density at radius 3 is 2.60 bits per heavy atom. The number of hydrogen-bond acceptors (Lipinski definition) is 2. The largest absolute Gasteiger partial charge is 0.393 e. The summed E-state index contributed by atoms with van der Waals surface area (Å²) in [5.41, 5.74) is 1.96. The predicted octanol–water partition coefficient (Wildman–Crippen LogP) is 2.21. The zero-order chi connectivity index (χ0) is 11.4. The first-order valence-electron chi connectivity index (χ1n) is 5.14. The Kier molecular flexibility index (Phi) is 4.09. The van der Waals surface area contributed by atoms with Crippen LogP contribution in [0.3, 0.4) is 0 Å². The van der Waals surface area contributed by atoms with Crippen LogP contribution in [0.4, 0.5) is 10.1 Å². The molecule has 0 bridgehead atoms. The lowest BCUT2D eigenvalue weighted by Crippen LogP contribution is -2.12. The van der Waals surface area contributed by atoms with Crippen molar-refractivity contribution in [3.63, 3.8) is 0 Å². The van der Waals surface area contributed by atoms with Crippen LogP contribution in [0.5, 0.6) is 0 Å². The fourth-order valence-electron chi connectivity index (χ4n) is 1.55. The summed E-state index contributed by atoms with van der Waals surface area (Å²) in [5, 5.41) is 9.21. The molecule has 0 saturated heterocycles. The first-order chi connectivity index (χ1) is 7.00. The minimum atomic E-state index is -0.344. The Morgan fingerprint density at radius 1 is 1.40 bits per heavy atom. The highest BCUT2D eigenvalue weighted by Crippen LogP contribution is 2.21. The predicted molar refractivity (Wildman–Crippen MR) is 60.7 cm³/mol. The van der Waals surface area contributed by atoms with Gasteiger partial charge in [-0.3, -0.25) is 0 Å². The molecule has 0 amide bonds. The summed E-state index contributed by atoms with van der Waals surface area (Å²) >= 11 is 0. The summed E-state index contributed by atoms with van der Waals surface area (Å²) in [7, 11) is 3.86. The van der Waals surface area contributed by atoms with E-state index in [1.807, 2.05) is 19.0 Å². The maximum Gasteiger partial charge on any atom is 0.123 e. The van der Waals surface area contributed by atoms with E-state index in [9.17, 15) is 9.50 Å². The molecule has 1 unspecified atom stereocenters. The molecule has 0 heterocycles. The fraction of sp³-hybridized carbons (Fsp3) is 0.500. The van der Waals surface area contributed by atoms with Crippen molar-refractivity contribution >= 4 is 5.69 Å². The second kappa shape index (κ2) is 5.12. The van der Waals surface area contributed by atoms with E-state index in [1.165, 1.54) is 12.1 Å². The highest BCUT2D eigenvalue weighted by molar-refractivity contribution is 5.52. The number of rotatable bonds is 4. The van der Waals surface area contributed by atoms with Crippen molar-refractivity contribution in [3.8, 4) is 0 Å². The van der Waals surface area contributed by atoms with E-state index >= 15 is 0 Å². The molecule has 0 aliphatic carbocycles. The topological polar surface area (TPSA) is 23.5 Å². The Balaban J connectivity index is 2.87. The van der Waals surface area contributed by atoms with E-state index < -0.39 is 0 Å². The minimum absolute atomic E-state index is 0.221. The number of benzene rings is 1. The summed E-state index contributed by atoms with van der Waals surface area (Å²) < 4.78 is 13.1. The lowest BCUT2D eigenvalue weighted by Gasteiger charge is -2.17. The van der Waals surface area contributed by atoms with Crippen molar-refractivity contribution in [1.82, 2.24) is 0 Å². The number of aryl methyl sites for hydroxylation is 1. The van der Waals surface area contributed by atoms with Crippen molar-refractivity contribution in [3.05, 3.63) is 29.6 Å². The van der Waals surface area contributed by atoms with Crippen LogP contribution in [0.2, 0.25) is 0 Å². The SMILES string of the molecule is CC(O)CCc1cc(F)ccc1N(C)C. The molecule has 0 aliphatic heterocycles. The van der Waals surface area contributed by atoms with Crippen LogP contribution < -0.4 is 4.90 Å². The molecule has 1 rings (SSSR count). The average Bonchev–Trinajstić information content (AvgIpc) is 2.14. The molecule has 1 N–H and O–H groups in total. The Hall–Kier alpha value is -1.09. The lowest BCUT2D eigenvalue weighted by atomic mass is 10.0. The summed E-state index contributed by atoms with van der Waals surface area (Å²) in [6.07, 6.45) is 1.01. The van der Waals surface area contributed by atoms with E-state index in [0.29, 0.717) is 12.8 Å². The zero-order valence-electron chi connectivity index (χ0n) is 9.50. The molecule has 1 atom stereocenters. The molecule has 3 heteroatoms. The molecule has 0 radical (unpaired) electrons. The average molecular weight is 211 g/mol. The van der Waals surface area contributed by atoms with Crippen molar-refractivity contribution in [2.75, 3.05) is 19.0 Å². The number of hydrogen-bond donors (Lipinski definition) is 1. The third-order valence-electron chi connectivity index (χ3n) is 2.35. The van der Waals surface area contributed by atoms with Gasteiger partial charge in [0.25, 0.3) is 0 Å². The first kappa shape index (κ1) is 12.0. The second-order valence-corrected chi connectivity index (χ2v) is 4.06. The first-order valence-corrected chi connectivity index (χ1v) is 5.14. The third kappa shape index (κ3) is 3.51. The normalized spacial score (nSPS) is 12.6. The number of aliphatic hydroxyl groups excluding tert-OH is 1. The zero-order valence-corrected chi connectivity index (χ0v) is 9.50. The molecule has 0 fully saturated rings. The molecule has 0 spiro atoms. The molecule has 1 aromatic carbocycles. The van der Waals surface area contributed by atoms with E-state index in [-0.39, 0.29) is 11.9 Å². The summed E-state index contributed by atoms with van der Waals surface area (Å²) in [6, 6.07) is 4.77. The van der Waals surface area contributed by atoms with Crippen LogP contribution in [0.25, 0.3) is 0 Å². The Labute approximate surface area is 90.3 Å². The van der Waals surface area contributed by atoms with Crippen molar-refractivity contribution in [2.45, 2.75) is 25.9 Å². The van der Waals surface area contributed by atoms with Gasteiger partial charge in [0.2, 0.25) is 0 Å². The van der Waals surface area contributed by atoms with Gasteiger partial charge in [0.15, 0.2) is 0 Å². The van der Waals surface area contributed by atoms with Gasteiger partial charge in [0.05, 0.1) is 6.10 Å². The minimum Gasteiger partial charge on any atom is -0.393 e. The summed E-state index contributed by atoms with van der Waals surface area (Å²) in [6.45, 7) is 1.74. The smallest absolute Gasteiger partial charge is 0.123 e. The van der Waals surface area contributed by atoms with Crippen LogP contribution in [0.15, 0.2) is 18.2 Å². The molecule has 0 saturated carbocycles. The third-order valence-corrected chi connectivity index (χ3v) is 2.35. The highest BCUT2D eigenvalue weighted by atomic mass is 19.1. The van der Waals surface area contributed by atoms with E-state index in [1.54, 1.807) is 13.0 Å². The van der Waals surface area contributed by atoms with Gasteiger partial charge in [-0.2, -0.15) is 0 Å². The maximum absolute atomic E-state index is 13.1. The van der Waals surface area contributed by atoms with E-state index in [0.717, 1.165) is 11.3 Å². The standard InChI is InChI=1S/C12H18FNO/c1-9(15)4-5-10-8-11(13)6-7-12(10)14(2)3/h6-9,15H,4-5H2,1-3H3. The Morgan fingerprint density at radius 2 is 2.07 bits per heavy atom. The molecule has 0 aliphatic rings. The van der Waals surface area contributed by atoms with Gasteiger partial charge in [0, 0.05) is 19.8 Å². The molecule has 84 valence electrons. The van der Waals surface area contributed by atoms with Gasteiger partial charge in [-0.05, 0) is 43.5 Å². The number of nitrogens with zero attached hydrogens (tertiary/aromatic N) is 1. The monoisotopic (exact) mass is 211 g/mol. The van der Waals surface area contributed by atoms with E-state index in [2.05, 4.69) is 0 Å². The fourth-order valence-corrected chi connectivity index (χ4v) is 1.55. The lowest BCUT2D eigenvalue weighted by molar-refractivity contribution is 0.185. The van der Waals surface area contributed by atoms with Crippen LogP contribution in [-0.2, 0) is 6.42 Å². The molecular weight excluding hydrogens is 193 g/mol. The second-order valence-electron chi connectivity index (χ2n) is 4.06. The van der Waals surface area contributed by atoms with Crippen molar-refractivity contribution in [2.24, 2.45) is 0 Å². The van der Waals surface area contributed by atoms with Crippen LogP contribution >= 0.6 is 0 Å². The van der Waals surface area contributed by atoms with Gasteiger partial charge in [-0.1, -0.05) is 0 Å². The summed E-state index contributed by atoms with van der Waals surface area (Å²) in [4.78, 5) is 1.96. The van der Waals surface area contributed by atoms with Gasteiger partial charge < -0.3 is 10.0 Å². The number of halogens is 1.